The van der Waals surface area contributed by atoms with Crippen LogP contribution in [0.1, 0.15) is 35.6 Å². The fourth-order valence-corrected chi connectivity index (χ4v) is 6.65. The molecule has 0 aromatic heterocycles. The van der Waals surface area contributed by atoms with Crippen molar-refractivity contribution in [3.05, 3.63) is 155 Å². The lowest BCUT2D eigenvalue weighted by molar-refractivity contribution is -0.276. The van der Waals surface area contributed by atoms with Gasteiger partial charge in [0.1, 0.15) is 23.7 Å². The highest BCUT2D eigenvalue weighted by atomic mass is 16.7. The largest absolute Gasteiger partial charge is 0.497 e. The zero-order valence-electron chi connectivity index (χ0n) is 31.3. The van der Waals surface area contributed by atoms with Crippen molar-refractivity contribution in [2.45, 2.75) is 63.7 Å². The molecule has 0 amide bonds. The lowest BCUT2D eigenvalue weighted by Crippen LogP contribution is -2.68. The highest BCUT2D eigenvalue weighted by Gasteiger charge is 2.58. The maximum atomic E-state index is 14.3. The summed E-state index contributed by atoms with van der Waals surface area (Å²) in [6, 6.07) is 34.9. The van der Waals surface area contributed by atoms with E-state index in [0.717, 1.165) is 45.7 Å². The molecule has 1 aliphatic carbocycles. The second-order valence-corrected chi connectivity index (χ2v) is 13.8. The number of allylic oxidation sites excluding steroid dienone is 3. The van der Waals surface area contributed by atoms with E-state index in [1.807, 2.05) is 109 Å². The highest BCUT2D eigenvalue weighted by Crippen LogP contribution is 2.36. The van der Waals surface area contributed by atoms with Gasteiger partial charge in [0.05, 0.1) is 60.5 Å². The Labute approximate surface area is 318 Å². The minimum absolute atomic E-state index is 0.0238. The molecule has 0 spiro atoms. The number of hydrogen-bond donors (Lipinski definition) is 0. The number of hydrogen-bond acceptors (Lipinski definition) is 9. The number of carbonyl (C=O) groups is 1. The van der Waals surface area contributed by atoms with Gasteiger partial charge in [-0.1, -0.05) is 110 Å². The van der Waals surface area contributed by atoms with Crippen LogP contribution in [0.2, 0.25) is 0 Å². The van der Waals surface area contributed by atoms with Crippen LogP contribution in [-0.2, 0) is 59.6 Å². The van der Waals surface area contributed by atoms with Gasteiger partial charge in [-0.2, -0.15) is 0 Å². The summed E-state index contributed by atoms with van der Waals surface area (Å²) in [7, 11) is 3.26. The summed E-state index contributed by atoms with van der Waals surface area (Å²) in [6.45, 7) is 3.34. The van der Waals surface area contributed by atoms with Crippen molar-refractivity contribution in [1.82, 2.24) is 0 Å². The van der Waals surface area contributed by atoms with Gasteiger partial charge in [0.15, 0.2) is 11.7 Å². The van der Waals surface area contributed by atoms with E-state index in [0.29, 0.717) is 12.5 Å². The lowest BCUT2D eigenvalue weighted by atomic mass is 9.87. The van der Waals surface area contributed by atoms with Gasteiger partial charge in [-0.25, -0.2) is 4.79 Å². The number of benzene rings is 4. The normalized spacial score (nSPS) is 20.6. The summed E-state index contributed by atoms with van der Waals surface area (Å²) in [5, 5.41) is 0. The highest BCUT2D eigenvalue weighted by molar-refractivity contribution is 5.77. The van der Waals surface area contributed by atoms with Crippen molar-refractivity contribution < 1.29 is 42.7 Å². The third-order valence-corrected chi connectivity index (χ3v) is 9.56. The van der Waals surface area contributed by atoms with Crippen molar-refractivity contribution in [2.24, 2.45) is 5.92 Å². The molecule has 1 saturated heterocycles. The van der Waals surface area contributed by atoms with Gasteiger partial charge in [-0.3, -0.25) is 0 Å². The Balaban J connectivity index is 1.33. The number of rotatable bonds is 19. The zero-order valence-corrected chi connectivity index (χ0v) is 31.3. The summed E-state index contributed by atoms with van der Waals surface area (Å²) in [4.78, 5) is 14.3. The summed E-state index contributed by atoms with van der Waals surface area (Å²) < 4.78 is 50.0. The smallest absolute Gasteiger partial charge is 0.338 e. The van der Waals surface area contributed by atoms with E-state index in [-0.39, 0.29) is 39.6 Å². The van der Waals surface area contributed by atoms with Gasteiger partial charge in [-0.05, 0) is 64.4 Å². The van der Waals surface area contributed by atoms with Gasteiger partial charge >= 0.3 is 5.97 Å². The van der Waals surface area contributed by atoms with Gasteiger partial charge in [0, 0.05) is 0 Å². The van der Waals surface area contributed by atoms with Crippen molar-refractivity contribution in [3.8, 4) is 11.5 Å². The van der Waals surface area contributed by atoms with E-state index in [1.54, 1.807) is 14.2 Å². The fraction of sp³-hybridized carbons (Fsp3) is 0.356. The quantitative estimate of drug-likeness (QED) is 0.0895. The second-order valence-electron chi connectivity index (χ2n) is 13.8. The standard InChI is InChI=1S/C45H50O9/c1-33-11-10-16-38(25-33)30-53-43-41(51-28-34-12-6-4-7-13-34)42(52-29-35-14-8-5-9-15-35)44(46)54-45(43,31-49-26-36-17-21-39(47-2)22-18-36)32-50-27-37-19-23-40(48-3)24-20-37/h4-24,33,41-43H,25-32H2,1-3H3/t33?,41-,42-,43+/m1/s1. The summed E-state index contributed by atoms with van der Waals surface area (Å²) in [5.41, 5.74) is 3.44. The number of esters is 1. The predicted molar refractivity (Wildman–Crippen MR) is 205 cm³/mol. The molecule has 9 nitrogen and oxygen atoms in total. The predicted octanol–water partition coefficient (Wildman–Crippen LogP) is 7.81. The van der Waals surface area contributed by atoms with Crippen LogP contribution < -0.4 is 9.47 Å². The van der Waals surface area contributed by atoms with E-state index < -0.39 is 29.9 Å². The lowest BCUT2D eigenvalue weighted by Gasteiger charge is -2.48. The zero-order chi connectivity index (χ0) is 37.6. The Kier molecular flexibility index (Phi) is 14.1. The SMILES string of the molecule is COc1ccc(COCC2(COCc3ccc(OC)cc3)OC(=O)[C@H](OCc3ccccc3)[C@@H](OCc3ccccc3)[C@@H]2OCC2=CC=CC(C)C2)cc1. The van der Waals surface area contributed by atoms with Crippen LogP contribution in [0.15, 0.2) is 133 Å². The first-order valence-corrected chi connectivity index (χ1v) is 18.4. The average molecular weight is 735 g/mol. The maximum absolute atomic E-state index is 14.3. The molecule has 1 unspecified atom stereocenters. The molecule has 1 fully saturated rings. The molecule has 1 aliphatic heterocycles. The molecule has 2 aliphatic rings. The minimum atomic E-state index is -1.40. The molecular formula is C45H50O9. The van der Waals surface area contributed by atoms with E-state index >= 15 is 0 Å². The van der Waals surface area contributed by atoms with E-state index in [9.17, 15) is 4.79 Å². The molecule has 0 bridgehead atoms. The third-order valence-electron chi connectivity index (χ3n) is 9.56. The topological polar surface area (TPSA) is 90.9 Å². The molecule has 9 heteroatoms. The Morgan fingerprint density at radius 1 is 0.630 bits per heavy atom. The van der Waals surface area contributed by atoms with Crippen LogP contribution in [0.4, 0.5) is 0 Å². The molecule has 6 rings (SSSR count). The van der Waals surface area contributed by atoms with Gasteiger partial charge in [-0.15, -0.1) is 0 Å². The molecule has 284 valence electrons. The summed E-state index contributed by atoms with van der Waals surface area (Å²) in [5.74, 6) is 1.30. The number of cyclic esters (lactones) is 1. The van der Waals surface area contributed by atoms with E-state index in [4.69, 9.17) is 37.9 Å². The third kappa shape index (κ3) is 10.7. The Morgan fingerprint density at radius 2 is 1.15 bits per heavy atom. The van der Waals surface area contributed by atoms with Crippen molar-refractivity contribution in [3.63, 3.8) is 0 Å². The molecule has 0 radical (unpaired) electrons. The fourth-order valence-electron chi connectivity index (χ4n) is 6.65. The Bertz CT molecular complexity index is 1740. The molecule has 0 N–H and O–H groups in total. The molecule has 0 saturated carbocycles. The van der Waals surface area contributed by atoms with Crippen LogP contribution in [0.5, 0.6) is 11.5 Å². The summed E-state index contributed by atoms with van der Waals surface area (Å²) in [6.07, 6.45) is 4.37. The first-order chi connectivity index (χ1) is 26.4. The summed E-state index contributed by atoms with van der Waals surface area (Å²) >= 11 is 0. The van der Waals surface area contributed by atoms with Crippen LogP contribution in [0.3, 0.4) is 0 Å². The van der Waals surface area contributed by atoms with Gasteiger partial charge in [0.25, 0.3) is 0 Å². The molecule has 4 aromatic carbocycles. The first-order valence-electron chi connectivity index (χ1n) is 18.4. The van der Waals surface area contributed by atoms with Crippen LogP contribution in [0, 0.1) is 5.92 Å². The minimum Gasteiger partial charge on any atom is -0.497 e. The van der Waals surface area contributed by atoms with Crippen molar-refractivity contribution in [1.29, 1.82) is 0 Å². The maximum Gasteiger partial charge on any atom is 0.338 e. The molecular weight excluding hydrogens is 684 g/mol. The van der Waals surface area contributed by atoms with Crippen molar-refractivity contribution in [2.75, 3.05) is 34.0 Å². The van der Waals surface area contributed by atoms with Crippen LogP contribution >= 0.6 is 0 Å². The molecule has 4 atom stereocenters. The van der Waals surface area contributed by atoms with Gasteiger partial charge < -0.3 is 37.9 Å². The second kappa shape index (κ2) is 19.5. The van der Waals surface area contributed by atoms with Gasteiger partial charge in [0.2, 0.25) is 0 Å². The molecule has 1 heterocycles. The number of ether oxygens (including phenoxy) is 8. The number of methoxy groups -OCH3 is 2. The van der Waals surface area contributed by atoms with Crippen LogP contribution in [-0.4, -0.2) is 63.9 Å². The van der Waals surface area contributed by atoms with Crippen molar-refractivity contribution >= 4 is 5.97 Å². The molecule has 4 aromatic rings. The monoisotopic (exact) mass is 734 g/mol. The van der Waals surface area contributed by atoms with E-state index in [2.05, 4.69) is 25.2 Å². The van der Waals surface area contributed by atoms with Crippen LogP contribution in [0.25, 0.3) is 0 Å². The Morgan fingerprint density at radius 3 is 1.67 bits per heavy atom. The Hall–Kier alpha value is -4.77. The first kappa shape index (κ1) is 38.9. The number of carbonyl (C=O) groups excluding carboxylic acids is 1. The average Bonchev–Trinajstić information content (AvgIpc) is 3.20. The van der Waals surface area contributed by atoms with E-state index in [1.165, 1.54) is 0 Å². The molecule has 54 heavy (non-hydrogen) atoms.